The standard InChI is InChI=1S/C40H52O3/c1-28(15-13-16-29(2)18-21-36-32(5)24-34(41)26-39(36,7)8)14-11-12-17-31(4)38(43)23-20-30(3)19-22-37-33(6)25-35(42)27-40(37,9)10/h11-23,25,34,41H,24,26-27H2,1-10H3/b12-11+,15-13+,21-18+,23-20+,28-14+,29-16+,30-19+,31-17+,37-22-/t34-/m1/s1. The Hall–Kier alpha value is -3.56. The highest BCUT2D eigenvalue weighted by molar-refractivity contribution is 6.03. The molecule has 0 aromatic carbocycles. The van der Waals surface area contributed by atoms with Gasteiger partial charge in [-0.2, -0.15) is 0 Å². The Labute approximate surface area is 260 Å². The minimum atomic E-state index is -0.246. The van der Waals surface area contributed by atoms with Crippen LogP contribution in [0.1, 0.15) is 88.5 Å². The van der Waals surface area contributed by atoms with E-state index < -0.39 is 0 Å². The van der Waals surface area contributed by atoms with Crippen molar-refractivity contribution in [3.8, 4) is 0 Å². The third-order valence-corrected chi connectivity index (χ3v) is 8.07. The molecule has 0 fully saturated rings. The van der Waals surface area contributed by atoms with Gasteiger partial charge in [0.25, 0.3) is 0 Å². The molecule has 0 heterocycles. The Kier molecular flexibility index (Phi) is 13.1. The van der Waals surface area contributed by atoms with Gasteiger partial charge in [0.05, 0.1) is 6.10 Å². The lowest BCUT2D eigenvalue weighted by atomic mass is 9.71. The van der Waals surface area contributed by atoms with Crippen molar-refractivity contribution in [1.82, 2.24) is 0 Å². The van der Waals surface area contributed by atoms with Gasteiger partial charge in [0.2, 0.25) is 0 Å². The first-order valence-corrected chi connectivity index (χ1v) is 15.3. The summed E-state index contributed by atoms with van der Waals surface area (Å²) >= 11 is 0. The van der Waals surface area contributed by atoms with Gasteiger partial charge in [0.15, 0.2) is 11.6 Å². The number of hydrogen-bond acceptors (Lipinski definition) is 3. The number of rotatable bonds is 10. The van der Waals surface area contributed by atoms with Gasteiger partial charge in [-0.25, -0.2) is 0 Å². The number of ketones is 2. The summed E-state index contributed by atoms with van der Waals surface area (Å²) in [5.74, 6) is 0.142. The van der Waals surface area contributed by atoms with Gasteiger partial charge in [-0.15, -0.1) is 0 Å². The molecule has 0 aromatic rings. The van der Waals surface area contributed by atoms with Crippen LogP contribution in [0.25, 0.3) is 0 Å². The number of carbonyl (C=O) groups is 2. The monoisotopic (exact) mass is 580 g/mol. The second-order valence-corrected chi connectivity index (χ2v) is 13.4. The summed E-state index contributed by atoms with van der Waals surface area (Å²) < 4.78 is 0. The van der Waals surface area contributed by atoms with Crippen LogP contribution in [-0.4, -0.2) is 22.8 Å². The molecular formula is C40H52O3. The van der Waals surface area contributed by atoms with Crippen LogP contribution < -0.4 is 0 Å². The van der Waals surface area contributed by atoms with Crippen molar-refractivity contribution < 1.29 is 14.7 Å². The molecule has 1 atom stereocenters. The highest BCUT2D eigenvalue weighted by Gasteiger charge is 2.31. The molecule has 2 aliphatic carbocycles. The van der Waals surface area contributed by atoms with Crippen LogP contribution in [0.15, 0.2) is 130 Å². The van der Waals surface area contributed by atoms with Crippen molar-refractivity contribution >= 4 is 11.6 Å². The maximum Gasteiger partial charge on any atom is 0.181 e. The fourth-order valence-corrected chi connectivity index (χ4v) is 5.75. The number of aliphatic hydroxyl groups excluding tert-OH is 1. The molecule has 1 N–H and O–H groups in total. The van der Waals surface area contributed by atoms with Crippen molar-refractivity contribution in [3.05, 3.63) is 130 Å². The smallest absolute Gasteiger partial charge is 0.181 e. The molecule has 0 saturated heterocycles. The molecule has 0 aromatic heterocycles. The van der Waals surface area contributed by atoms with E-state index in [1.54, 1.807) is 12.2 Å². The Morgan fingerprint density at radius 3 is 2.07 bits per heavy atom. The molecule has 2 rings (SSSR count). The molecule has 0 bridgehead atoms. The van der Waals surface area contributed by atoms with Crippen molar-refractivity contribution in [1.29, 1.82) is 0 Å². The summed E-state index contributed by atoms with van der Waals surface area (Å²) in [6, 6.07) is 0. The van der Waals surface area contributed by atoms with E-state index >= 15 is 0 Å². The predicted octanol–water partition coefficient (Wildman–Crippen LogP) is 9.93. The molecule has 0 radical (unpaired) electrons. The van der Waals surface area contributed by atoms with Gasteiger partial charge >= 0.3 is 0 Å². The van der Waals surface area contributed by atoms with Crippen LogP contribution in [0.3, 0.4) is 0 Å². The van der Waals surface area contributed by atoms with Gasteiger partial charge in [-0.3, -0.25) is 9.59 Å². The van der Waals surface area contributed by atoms with E-state index in [-0.39, 0.29) is 28.5 Å². The molecule has 3 heteroatoms. The zero-order valence-electron chi connectivity index (χ0n) is 28.0. The van der Waals surface area contributed by atoms with Crippen molar-refractivity contribution in [2.24, 2.45) is 10.8 Å². The molecule has 0 saturated carbocycles. The second kappa shape index (κ2) is 15.8. The quantitative estimate of drug-likeness (QED) is 0.207. The molecule has 2 aliphatic rings. The average molecular weight is 581 g/mol. The zero-order valence-corrected chi connectivity index (χ0v) is 28.0. The predicted molar refractivity (Wildman–Crippen MR) is 184 cm³/mol. The first kappa shape index (κ1) is 35.6. The van der Waals surface area contributed by atoms with E-state index in [9.17, 15) is 14.7 Å². The van der Waals surface area contributed by atoms with E-state index in [1.165, 1.54) is 11.1 Å². The molecule has 0 spiro atoms. The highest BCUT2D eigenvalue weighted by Crippen LogP contribution is 2.41. The van der Waals surface area contributed by atoms with Crippen LogP contribution in [0.4, 0.5) is 0 Å². The first-order chi connectivity index (χ1) is 20.0. The lowest BCUT2D eigenvalue weighted by Gasteiger charge is -2.35. The van der Waals surface area contributed by atoms with E-state index in [0.29, 0.717) is 12.0 Å². The molecule has 0 amide bonds. The molecular weight excluding hydrogens is 528 g/mol. The fraction of sp³-hybridized carbons (Fsp3) is 0.400. The van der Waals surface area contributed by atoms with Crippen LogP contribution in [0.5, 0.6) is 0 Å². The van der Waals surface area contributed by atoms with Crippen LogP contribution in [0, 0.1) is 10.8 Å². The maximum absolute atomic E-state index is 12.6. The summed E-state index contributed by atoms with van der Waals surface area (Å²) in [6.45, 7) is 20.6. The number of aliphatic hydroxyl groups is 1. The third kappa shape index (κ3) is 11.6. The summed E-state index contributed by atoms with van der Waals surface area (Å²) in [6.07, 6.45) is 29.2. The van der Waals surface area contributed by atoms with Crippen molar-refractivity contribution in [2.45, 2.75) is 94.6 Å². The van der Waals surface area contributed by atoms with Gasteiger partial charge in [0.1, 0.15) is 0 Å². The average Bonchev–Trinajstić information content (AvgIpc) is 2.87. The largest absolute Gasteiger partial charge is 0.393 e. The minimum Gasteiger partial charge on any atom is -0.393 e. The Balaban J connectivity index is 1.95. The fourth-order valence-electron chi connectivity index (χ4n) is 5.75. The molecule has 43 heavy (non-hydrogen) atoms. The summed E-state index contributed by atoms with van der Waals surface area (Å²) in [7, 11) is 0. The van der Waals surface area contributed by atoms with E-state index in [4.69, 9.17) is 0 Å². The minimum absolute atomic E-state index is 0.0186. The van der Waals surface area contributed by atoms with E-state index in [0.717, 1.165) is 40.7 Å². The van der Waals surface area contributed by atoms with Gasteiger partial charge < -0.3 is 5.11 Å². The molecule has 0 aliphatic heterocycles. The summed E-state index contributed by atoms with van der Waals surface area (Å²) in [5.41, 5.74) is 8.44. The Morgan fingerprint density at radius 1 is 0.814 bits per heavy atom. The first-order valence-electron chi connectivity index (χ1n) is 15.3. The van der Waals surface area contributed by atoms with E-state index in [1.807, 2.05) is 70.2 Å². The number of carbonyl (C=O) groups excluding carboxylic acids is 2. The summed E-state index contributed by atoms with van der Waals surface area (Å²) in [5, 5.41) is 10.1. The lowest BCUT2D eigenvalue weighted by Crippen LogP contribution is -2.28. The lowest BCUT2D eigenvalue weighted by molar-refractivity contribution is -0.116. The third-order valence-electron chi connectivity index (χ3n) is 8.07. The maximum atomic E-state index is 12.6. The Morgan fingerprint density at radius 2 is 1.42 bits per heavy atom. The molecule has 0 unspecified atom stereocenters. The van der Waals surface area contributed by atoms with Crippen LogP contribution in [-0.2, 0) is 9.59 Å². The SMILES string of the molecule is CC1=CC(=O)CC(C)(C)\C1=C/C=C(C)/C=C/C(=O)/C(C)=C/C=C/C=C(C)/C=C/C=C(C)/C=C/C1=C(C)C[C@@H](O)CC1(C)C. The second-order valence-electron chi connectivity index (χ2n) is 13.4. The molecule has 230 valence electrons. The number of hydrogen-bond donors (Lipinski definition) is 1. The number of allylic oxidation sites excluding steroid dienone is 21. The zero-order chi connectivity index (χ0) is 32.4. The van der Waals surface area contributed by atoms with Crippen molar-refractivity contribution in [2.75, 3.05) is 0 Å². The normalized spacial score (nSPS) is 23.5. The van der Waals surface area contributed by atoms with Crippen LogP contribution in [0.2, 0.25) is 0 Å². The summed E-state index contributed by atoms with van der Waals surface area (Å²) in [4.78, 5) is 24.5. The van der Waals surface area contributed by atoms with Gasteiger partial charge in [0, 0.05) is 6.42 Å². The van der Waals surface area contributed by atoms with Gasteiger partial charge in [-0.1, -0.05) is 123 Å². The van der Waals surface area contributed by atoms with Crippen LogP contribution >= 0.6 is 0 Å². The Bertz CT molecular complexity index is 1420. The van der Waals surface area contributed by atoms with E-state index in [2.05, 4.69) is 71.9 Å². The topological polar surface area (TPSA) is 54.4 Å². The van der Waals surface area contributed by atoms with Crippen molar-refractivity contribution in [3.63, 3.8) is 0 Å². The van der Waals surface area contributed by atoms with Gasteiger partial charge in [-0.05, 0) is 99.7 Å². The highest BCUT2D eigenvalue weighted by atomic mass is 16.3. The molecule has 3 nitrogen and oxygen atoms in total.